The Labute approximate surface area is 342 Å². The fraction of sp³-hybridized carbons (Fsp3) is 0.0909. The summed E-state index contributed by atoms with van der Waals surface area (Å²) in [6, 6.07) is 55.5. The van der Waals surface area contributed by atoms with Crippen LogP contribution in [-0.4, -0.2) is 0 Å². The van der Waals surface area contributed by atoms with E-state index in [1.54, 1.807) is 0 Å². The van der Waals surface area contributed by atoms with Crippen LogP contribution in [0.4, 0.5) is 11.4 Å². The highest BCUT2D eigenvalue weighted by atomic mass is 16.5. The van der Waals surface area contributed by atoms with Gasteiger partial charge in [0.05, 0.1) is 11.6 Å². The zero-order chi connectivity index (χ0) is 39.0. The molecule has 9 aromatic rings. The zero-order valence-electron chi connectivity index (χ0n) is 32.5. The second-order valence-electron chi connectivity index (χ2n) is 16.0. The number of nitrogens with zero attached hydrogens (tertiary/aromatic N) is 1. The van der Waals surface area contributed by atoms with Crippen molar-refractivity contribution < 1.29 is 13.6 Å². The van der Waals surface area contributed by atoms with Crippen molar-refractivity contribution in [3.05, 3.63) is 211 Å². The normalized spacial score (nSPS) is 19.5. The van der Waals surface area contributed by atoms with E-state index in [1.165, 1.54) is 11.1 Å². The first-order valence-electron chi connectivity index (χ1n) is 20.5. The van der Waals surface area contributed by atoms with Gasteiger partial charge in [0, 0.05) is 44.1 Å². The molecule has 0 fully saturated rings. The first-order valence-corrected chi connectivity index (χ1v) is 20.5. The number of allylic oxidation sites excluding steroid dienone is 7. The van der Waals surface area contributed by atoms with Gasteiger partial charge < -0.3 is 18.5 Å². The van der Waals surface area contributed by atoms with Crippen molar-refractivity contribution in [2.45, 2.75) is 12.8 Å². The smallest absolute Gasteiger partial charge is 0.159 e. The molecule has 4 atom stereocenters. The Kier molecular flexibility index (Phi) is 7.67. The Morgan fingerprint density at radius 2 is 1.25 bits per heavy atom. The topological polar surface area (TPSA) is 38.8 Å². The Morgan fingerprint density at radius 3 is 2.07 bits per heavy atom. The summed E-state index contributed by atoms with van der Waals surface area (Å²) >= 11 is 0. The number of furan rings is 2. The largest absolute Gasteiger partial charge is 0.460 e. The van der Waals surface area contributed by atoms with E-state index in [2.05, 4.69) is 194 Å². The summed E-state index contributed by atoms with van der Waals surface area (Å²) < 4.78 is 20.3. The molecule has 0 bridgehead atoms. The van der Waals surface area contributed by atoms with Crippen LogP contribution in [0.2, 0.25) is 0 Å². The summed E-state index contributed by atoms with van der Waals surface area (Å²) in [5.74, 6) is 2.56. The summed E-state index contributed by atoms with van der Waals surface area (Å²) in [6.07, 6.45) is 13.9. The van der Waals surface area contributed by atoms with Gasteiger partial charge in [-0.25, -0.2) is 0 Å². The van der Waals surface area contributed by atoms with E-state index < -0.39 is 0 Å². The number of benzene rings is 7. The Balaban J connectivity index is 0.969. The first-order chi connectivity index (χ1) is 29.2. The molecule has 0 radical (unpaired) electrons. The predicted octanol–water partition coefficient (Wildman–Crippen LogP) is 14.9. The maximum absolute atomic E-state index is 6.98. The lowest BCUT2D eigenvalue weighted by Crippen LogP contribution is -2.28. The minimum Gasteiger partial charge on any atom is -0.460 e. The van der Waals surface area contributed by atoms with Crippen LogP contribution >= 0.6 is 0 Å². The van der Waals surface area contributed by atoms with Crippen LogP contribution in [0, 0.1) is 17.8 Å². The number of fused-ring (bicyclic) bond motifs is 9. The lowest BCUT2D eigenvalue weighted by Gasteiger charge is -2.36. The van der Waals surface area contributed by atoms with Crippen molar-refractivity contribution in [3.63, 3.8) is 0 Å². The lowest BCUT2D eigenvalue weighted by atomic mass is 9.69. The van der Waals surface area contributed by atoms with Crippen molar-refractivity contribution in [3.8, 4) is 28.0 Å². The highest BCUT2D eigenvalue weighted by molar-refractivity contribution is 6.15. The maximum atomic E-state index is 6.98. The van der Waals surface area contributed by atoms with E-state index in [0.717, 1.165) is 89.1 Å². The monoisotopic (exact) mass is 761 g/mol. The lowest BCUT2D eigenvalue weighted by molar-refractivity contribution is 0.320. The van der Waals surface area contributed by atoms with E-state index in [0.29, 0.717) is 0 Å². The summed E-state index contributed by atoms with van der Waals surface area (Å²) in [5, 5.41) is 4.42. The molecular formula is C55H39NO3. The van der Waals surface area contributed by atoms with Gasteiger partial charge in [0.25, 0.3) is 0 Å². The number of rotatable bonds is 6. The fourth-order valence-corrected chi connectivity index (χ4v) is 9.96. The molecule has 0 saturated carbocycles. The second kappa shape index (κ2) is 13.4. The molecule has 0 amide bonds. The molecule has 2 aliphatic carbocycles. The Bertz CT molecular complexity index is 3230. The van der Waals surface area contributed by atoms with Gasteiger partial charge in [-0.05, 0) is 83.0 Å². The molecular weight excluding hydrogens is 723 g/mol. The van der Waals surface area contributed by atoms with E-state index >= 15 is 0 Å². The molecule has 3 aliphatic rings. The van der Waals surface area contributed by atoms with Crippen LogP contribution in [0.15, 0.2) is 214 Å². The molecule has 282 valence electrons. The van der Waals surface area contributed by atoms with E-state index in [-0.39, 0.29) is 23.7 Å². The van der Waals surface area contributed by atoms with Crippen molar-refractivity contribution in [1.82, 2.24) is 0 Å². The van der Waals surface area contributed by atoms with Crippen LogP contribution in [0.5, 0.6) is 5.75 Å². The number of anilines is 2. The zero-order valence-corrected chi connectivity index (χ0v) is 32.5. The minimum atomic E-state index is 0.0464. The number of para-hydroxylation sites is 3. The van der Waals surface area contributed by atoms with Gasteiger partial charge in [0.15, 0.2) is 5.58 Å². The Morgan fingerprint density at radius 1 is 0.559 bits per heavy atom. The molecule has 4 nitrogen and oxygen atoms in total. The predicted molar refractivity (Wildman–Crippen MR) is 241 cm³/mol. The summed E-state index contributed by atoms with van der Waals surface area (Å²) in [5.41, 5.74) is 12.5. The van der Waals surface area contributed by atoms with Gasteiger partial charge >= 0.3 is 0 Å². The van der Waals surface area contributed by atoms with Gasteiger partial charge in [-0.15, -0.1) is 0 Å². The number of hydrogen-bond acceptors (Lipinski definition) is 4. The third kappa shape index (κ3) is 5.37. The highest BCUT2D eigenvalue weighted by Gasteiger charge is 2.43. The minimum absolute atomic E-state index is 0.0464. The number of ether oxygens (including phenoxy) is 1. The van der Waals surface area contributed by atoms with Gasteiger partial charge in [0.2, 0.25) is 0 Å². The average molecular weight is 762 g/mol. The third-order valence-electron chi connectivity index (χ3n) is 12.6. The van der Waals surface area contributed by atoms with E-state index in [9.17, 15) is 0 Å². The molecule has 7 aromatic carbocycles. The van der Waals surface area contributed by atoms with Gasteiger partial charge in [-0.2, -0.15) is 0 Å². The second-order valence-corrected chi connectivity index (χ2v) is 16.0. The van der Waals surface area contributed by atoms with Gasteiger partial charge in [0.1, 0.15) is 28.3 Å². The molecule has 3 heterocycles. The van der Waals surface area contributed by atoms with Gasteiger partial charge in [-0.1, -0.05) is 153 Å². The fourth-order valence-electron chi connectivity index (χ4n) is 9.96. The number of hydrogen-bond donors (Lipinski definition) is 0. The van der Waals surface area contributed by atoms with Crippen molar-refractivity contribution in [1.29, 1.82) is 0 Å². The molecule has 1 aliphatic heterocycles. The summed E-state index contributed by atoms with van der Waals surface area (Å²) in [7, 11) is 0. The molecule has 4 heteroatoms. The van der Waals surface area contributed by atoms with Crippen molar-refractivity contribution in [2.24, 2.45) is 17.8 Å². The maximum Gasteiger partial charge on any atom is 0.159 e. The molecule has 2 aromatic heterocycles. The van der Waals surface area contributed by atoms with Crippen LogP contribution in [0.1, 0.15) is 18.4 Å². The average Bonchev–Trinajstić information content (AvgIpc) is 3.98. The summed E-state index contributed by atoms with van der Waals surface area (Å²) in [6.45, 7) is 2.36. The Hall–Kier alpha value is -7.30. The van der Waals surface area contributed by atoms with E-state index in [4.69, 9.17) is 13.6 Å². The molecule has 0 saturated heterocycles. The van der Waals surface area contributed by atoms with E-state index in [1.807, 2.05) is 12.1 Å². The van der Waals surface area contributed by atoms with Crippen LogP contribution < -0.4 is 9.64 Å². The molecule has 0 N–H and O–H groups in total. The molecule has 0 spiro atoms. The first kappa shape index (κ1) is 33.8. The van der Waals surface area contributed by atoms with Gasteiger partial charge in [-0.3, -0.25) is 0 Å². The SMILES string of the molecule is CC1C=C(N(c2cccc(-c3ccccc3)c2)c2cccc3c2oc2ccccc23)C=CC1C1C=CC=C2Oc3c(cc4oc5ccccc5c4c3-c3ccccc3)C21. The summed E-state index contributed by atoms with van der Waals surface area (Å²) in [4.78, 5) is 2.38. The van der Waals surface area contributed by atoms with Crippen LogP contribution in [0.3, 0.4) is 0 Å². The third-order valence-corrected chi connectivity index (χ3v) is 12.6. The van der Waals surface area contributed by atoms with Crippen molar-refractivity contribution >= 4 is 55.3 Å². The van der Waals surface area contributed by atoms with Crippen LogP contribution in [-0.2, 0) is 0 Å². The highest BCUT2D eigenvalue weighted by Crippen LogP contribution is 2.57. The van der Waals surface area contributed by atoms with Crippen LogP contribution in [0.25, 0.3) is 66.1 Å². The molecule has 12 rings (SSSR count). The van der Waals surface area contributed by atoms with Crippen molar-refractivity contribution in [2.75, 3.05) is 4.90 Å². The molecule has 59 heavy (non-hydrogen) atoms. The quantitative estimate of drug-likeness (QED) is 0.169. The standard InChI is InChI=1S/C55H39NO3/c1-34-31-39(56(38-20-12-19-37(32-38)35-15-4-2-5-16-35)46-25-13-24-43-41-21-8-10-26-47(41)58-54(43)46)29-30-40(34)42-23-14-28-49-52(42)45-33-50-53(44-22-9-11-27-48(44)57-50)51(55(45)59-49)36-17-6-3-7-18-36/h2-34,40,42,52H,1H3. The molecule has 4 unspecified atom stereocenters.